The Morgan fingerprint density at radius 3 is 2.86 bits per heavy atom. The van der Waals surface area contributed by atoms with Crippen molar-refractivity contribution >= 4 is 34.8 Å². The first-order chi connectivity index (χ1) is 13.7. The van der Waals surface area contributed by atoms with Gasteiger partial charge in [-0.15, -0.1) is 11.3 Å². The number of fused-ring (bicyclic) bond motifs is 3. The maximum absolute atomic E-state index is 12.8. The van der Waals surface area contributed by atoms with Gasteiger partial charge in [0.1, 0.15) is 18.2 Å². The Balaban J connectivity index is 1.44. The average molecular weight is 410 g/mol. The summed E-state index contributed by atoms with van der Waals surface area (Å²) in [6.07, 6.45) is 1.80. The number of hydrogen-bond donors (Lipinski definition) is 0. The fraction of sp³-hybridized carbons (Fsp3) is 0.136. The van der Waals surface area contributed by atoms with Gasteiger partial charge < -0.3 is 9.47 Å². The summed E-state index contributed by atoms with van der Waals surface area (Å²) in [6.45, 7) is 1.75. The molecule has 0 saturated heterocycles. The van der Waals surface area contributed by atoms with Crippen molar-refractivity contribution in [2.75, 3.05) is 6.73 Å². The van der Waals surface area contributed by atoms with E-state index in [2.05, 4.69) is 4.90 Å². The van der Waals surface area contributed by atoms with Crippen molar-refractivity contribution in [2.24, 2.45) is 0 Å². The number of rotatable bonds is 3. The molecule has 28 heavy (non-hydrogen) atoms. The molecule has 1 aromatic heterocycles. The first-order valence-corrected chi connectivity index (χ1v) is 10.2. The van der Waals surface area contributed by atoms with E-state index in [1.165, 1.54) is 0 Å². The number of hydrogen-bond acceptors (Lipinski definition) is 5. The van der Waals surface area contributed by atoms with E-state index in [-0.39, 0.29) is 5.78 Å². The Kier molecular flexibility index (Phi) is 4.43. The van der Waals surface area contributed by atoms with Crippen molar-refractivity contribution in [1.82, 2.24) is 4.90 Å². The minimum absolute atomic E-state index is 0.0885. The molecular formula is C22H16ClNO3S. The second-order valence-corrected chi connectivity index (χ2v) is 8.11. The van der Waals surface area contributed by atoms with Crippen LogP contribution in [-0.2, 0) is 13.1 Å². The van der Waals surface area contributed by atoms with E-state index in [1.54, 1.807) is 23.5 Å². The molecule has 0 radical (unpaired) electrons. The highest BCUT2D eigenvalue weighted by Gasteiger charge is 2.33. The zero-order valence-corrected chi connectivity index (χ0v) is 16.4. The van der Waals surface area contributed by atoms with E-state index in [1.807, 2.05) is 47.8 Å². The molecule has 0 N–H and O–H groups in total. The van der Waals surface area contributed by atoms with Crippen molar-refractivity contribution in [3.8, 4) is 11.5 Å². The largest absolute Gasteiger partial charge is 0.478 e. The van der Waals surface area contributed by atoms with Crippen molar-refractivity contribution in [2.45, 2.75) is 13.1 Å². The lowest BCUT2D eigenvalue weighted by Gasteiger charge is -2.30. The summed E-state index contributed by atoms with van der Waals surface area (Å²) >= 11 is 7.87. The summed E-state index contributed by atoms with van der Waals surface area (Å²) in [7, 11) is 0. The van der Waals surface area contributed by atoms with Crippen LogP contribution in [0.5, 0.6) is 11.5 Å². The van der Waals surface area contributed by atoms with Crippen molar-refractivity contribution in [1.29, 1.82) is 0 Å². The molecule has 0 fully saturated rings. The third-order valence-corrected chi connectivity index (χ3v) is 6.04. The predicted molar refractivity (Wildman–Crippen MR) is 110 cm³/mol. The molecule has 2 aromatic carbocycles. The highest BCUT2D eigenvalue weighted by molar-refractivity contribution is 7.10. The van der Waals surface area contributed by atoms with E-state index >= 15 is 0 Å². The number of ketones is 1. The number of benzene rings is 2. The molecule has 6 heteroatoms. The molecule has 5 rings (SSSR count). The van der Waals surface area contributed by atoms with Gasteiger partial charge in [0, 0.05) is 29.1 Å². The average Bonchev–Trinajstić information content (AvgIpc) is 3.33. The van der Waals surface area contributed by atoms with Gasteiger partial charge in [0.25, 0.3) is 0 Å². The molecular weight excluding hydrogens is 394 g/mol. The van der Waals surface area contributed by atoms with Gasteiger partial charge in [-0.25, -0.2) is 0 Å². The Morgan fingerprint density at radius 1 is 1.14 bits per heavy atom. The van der Waals surface area contributed by atoms with Crippen LogP contribution in [0.1, 0.15) is 26.4 Å². The van der Waals surface area contributed by atoms with Gasteiger partial charge in [0.2, 0.25) is 5.78 Å². The van der Waals surface area contributed by atoms with Crippen LogP contribution in [0.2, 0.25) is 5.02 Å². The topological polar surface area (TPSA) is 38.8 Å². The van der Waals surface area contributed by atoms with Crippen LogP contribution in [0, 0.1) is 0 Å². The number of thiophene rings is 1. The first kappa shape index (κ1) is 17.5. The summed E-state index contributed by atoms with van der Waals surface area (Å²) in [6, 6.07) is 15.3. The van der Waals surface area contributed by atoms with Crippen molar-refractivity contribution in [3.63, 3.8) is 0 Å². The highest BCUT2D eigenvalue weighted by atomic mass is 35.5. The minimum Gasteiger partial charge on any atom is -0.478 e. The molecule has 3 heterocycles. The van der Waals surface area contributed by atoms with Gasteiger partial charge >= 0.3 is 0 Å². The molecule has 0 saturated carbocycles. The van der Waals surface area contributed by atoms with E-state index in [4.69, 9.17) is 21.1 Å². The second-order valence-electron chi connectivity index (χ2n) is 6.73. The normalized spacial score (nSPS) is 17.2. The molecule has 2 aliphatic heterocycles. The van der Waals surface area contributed by atoms with E-state index in [0.717, 1.165) is 26.8 Å². The first-order valence-electron chi connectivity index (χ1n) is 8.91. The predicted octanol–water partition coefficient (Wildman–Crippen LogP) is 5.37. The summed E-state index contributed by atoms with van der Waals surface area (Å²) in [5, 5.41) is 2.71. The molecule has 0 atom stereocenters. The van der Waals surface area contributed by atoms with Crippen LogP contribution in [0.15, 0.2) is 59.7 Å². The number of carbonyl (C=O) groups is 1. The van der Waals surface area contributed by atoms with Crippen LogP contribution in [0.3, 0.4) is 0 Å². The number of halogens is 1. The van der Waals surface area contributed by atoms with Crippen LogP contribution in [-0.4, -0.2) is 17.4 Å². The minimum atomic E-state index is -0.0885. The quantitative estimate of drug-likeness (QED) is 0.545. The molecule has 2 aliphatic rings. The Hall–Kier alpha value is -2.60. The molecule has 140 valence electrons. The molecule has 0 aliphatic carbocycles. The van der Waals surface area contributed by atoms with Crippen molar-refractivity contribution in [3.05, 3.63) is 86.3 Å². The van der Waals surface area contributed by atoms with Gasteiger partial charge in [-0.2, -0.15) is 0 Å². The summed E-state index contributed by atoms with van der Waals surface area (Å²) in [5.41, 5.74) is 2.53. The maximum Gasteiger partial charge on any atom is 0.232 e. The smallest absolute Gasteiger partial charge is 0.232 e. The number of ether oxygens (including phenoxy) is 2. The third kappa shape index (κ3) is 3.11. The summed E-state index contributed by atoms with van der Waals surface area (Å²) in [5.74, 6) is 1.64. The van der Waals surface area contributed by atoms with Crippen LogP contribution < -0.4 is 9.47 Å². The highest BCUT2D eigenvalue weighted by Crippen LogP contribution is 2.42. The lowest BCUT2D eigenvalue weighted by atomic mass is 10.0. The lowest BCUT2D eigenvalue weighted by Crippen LogP contribution is -2.31. The number of Topliss-reactive ketones (excluding diaryl/α,β-unsaturated/α-hetero) is 1. The number of carbonyl (C=O) groups excluding carboxylic acids is 1. The fourth-order valence-electron chi connectivity index (χ4n) is 3.48. The van der Waals surface area contributed by atoms with E-state index in [9.17, 15) is 4.79 Å². The Labute approximate surface area is 171 Å². The number of allylic oxidation sites excluding steroid dienone is 1. The molecule has 0 amide bonds. The van der Waals surface area contributed by atoms with Crippen LogP contribution in [0.4, 0.5) is 0 Å². The van der Waals surface area contributed by atoms with Gasteiger partial charge in [-0.05, 0) is 35.2 Å². The Bertz CT molecular complexity index is 1090. The fourth-order valence-corrected chi connectivity index (χ4v) is 4.32. The lowest BCUT2D eigenvalue weighted by molar-refractivity contribution is 0.0873. The molecule has 0 unspecified atom stereocenters. The SMILES string of the molecule is O=C1/C(=C/c2cccs2)Oc2c1ccc1c2CN(Cc2ccccc2Cl)CO1. The third-order valence-electron chi connectivity index (χ3n) is 4.85. The number of nitrogens with zero attached hydrogens (tertiary/aromatic N) is 1. The monoisotopic (exact) mass is 409 g/mol. The van der Waals surface area contributed by atoms with Gasteiger partial charge in [-0.3, -0.25) is 9.69 Å². The van der Waals surface area contributed by atoms with Gasteiger partial charge in [-0.1, -0.05) is 35.9 Å². The van der Waals surface area contributed by atoms with E-state index in [0.29, 0.717) is 36.9 Å². The summed E-state index contributed by atoms with van der Waals surface area (Å²) < 4.78 is 11.9. The molecule has 0 bridgehead atoms. The molecule has 4 nitrogen and oxygen atoms in total. The van der Waals surface area contributed by atoms with Gasteiger partial charge in [0.15, 0.2) is 5.76 Å². The van der Waals surface area contributed by atoms with Crippen molar-refractivity contribution < 1.29 is 14.3 Å². The maximum atomic E-state index is 12.8. The van der Waals surface area contributed by atoms with Gasteiger partial charge in [0.05, 0.1) is 11.1 Å². The summed E-state index contributed by atoms with van der Waals surface area (Å²) in [4.78, 5) is 15.9. The van der Waals surface area contributed by atoms with E-state index < -0.39 is 0 Å². The zero-order chi connectivity index (χ0) is 19.1. The Morgan fingerprint density at radius 2 is 2.04 bits per heavy atom. The zero-order valence-electron chi connectivity index (χ0n) is 14.9. The van der Waals surface area contributed by atoms with Crippen LogP contribution >= 0.6 is 22.9 Å². The van der Waals surface area contributed by atoms with Crippen LogP contribution in [0.25, 0.3) is 6.08 Å². The standard InChI is InChI=1S/C22H16ClNO3S/c23-18-6-2-1-4-14(18)11-24-12-17-19(26-13-24)8-7-16-21(25)20(27-22(16)17)10-15-5-3-9-28-15/h1-10H,11-13H2/b20-10-. The molecule has 3 aromatic rings. The molecule has 0 spiro atoms. The second kappa shape index (κ2) is 7.09.